The zero-order valence-electron chi connectivity index (χ0n) is 19.8. The number of nitrogens with zero attached hydrogens (tertiary/aromatic N) is 6. The van der Waals surface area contributed by atoms with E-state index in [1.165, 1.54) is 6.07 Å². The van der Waals surface area contributed by atoms with E-state index in [-0.39, 0.29) is 11.8 Å². The number of pyridine rings is 1. The minimum Gasteiger partial charge on any atom is -0.421 e. The Morgan fingerprint density at radius 2 is 1.97 bits per heavy atom. The Kier molecular flexibility index (Phi) is 5.19. The van der Waals surface area contributed by atoms with Crippen LogP contribution in [-0.2, 0) is 13.0 Å². The fourth-order valence-electron chi connectivity index (χ4n) is 4.83. The maximum Gasteiger partial charge on any atom is 0.322 e. The van der Waals surface area contributed by atoms with Crippen molar-refractivity contribution in [2.75, 3.05) is 0 Å². The molecule has 0 radical (unpaired) electrons. The molecule has 5 aromatic rings. The first-order valence-electron chi connectivity index (χ1n) is 11.6. The molecule has 5 heterocycles. The molecule has 0 atom stereocenters. The van der Waals surface area contributed by atoms with Crippen molar-refractivity contribution in [3.8, 4) is 46.5 Å². The molecule has 4 aromatic heterocycles. The highest BCUT2D eigenvalue weighted by atomic mass is 19.1. The molecule has 0 unspecified atom stereocenters. The molecule has 176 valence electrons. The van der Waals surface area contributed by atoms with Crippen molar-refractivity contribution in [3.05, 3.63) is 77.5 Å². The molecule has 1 aromatic carbocycles. The molecule has 0 spiro atoms. The van der Waals surface area contributed by atoms with Crippen molar-refractivity contribution in [2.24, 2.45) is 0 Å². The standard InChI is InChI=1S/C28H21FN6O/c1-4-20-12-18-6-5-11-35-26(21(18)14-31-20)25(24-17(3)32-15-33-27(24)35)19-7-8-23(22(29)13-19)36-28-30-10-9-16(2)34-28/h1,7-10,12-15H,5-6,11H2,2-3H3. The lowest BCUT2D eigenvalue weighted by Crippen LogP contribution is -2.00. The minimum atomic E-state index is -0.519. The number of ether oxygens (including phenoxy) is 1. The second-order valence-corrected chi connectivity index (χ2v) is 8.74. The summed E-state index contributed by atoms with van der Waals surface area (Å²) in [5, 5.41) is 0.886. The first-order chi connectivity index (χ1) is 17.5. The fourth-order valence-corrected chi connectivity index (χ4v) is 4.83. The number of benzene rings is 1. The minimum absolute atomic E-state index is 0.0488. The topological polar surface area (TPSA) is 78.6 Å². The van der Waals surface area contributed by atoms with Gasteiger partial charge in [-0.1, -0.05) is 12.0 Å². The predicted octanol–water partition coefficient (Wildman–Crippen LogP) is 5.43. The van der Waals surface area contributed by atoms with Gasteiger partial charge in [0.05, 0.1) is 11.4 Å². The summed E-state index contributed by atoms with van der Waals surface area (Å²) in [4.78, 5) is 21.8. The van der Waals surface area contributed by atoms with Gasteiger partial charge in [0.2, 0.25) is 0 Å². The van der Waals surface area contributed by atoms with Crippen LogP contribution in [0.1, 0.15) is 29.1 Å². The molecule has 7 nitrogen and oxygen atoms in total. The predicted molar refractivity (Wildman–Crippen MR) is 134 cm³/mol. The van der Waals surface area contributed by atoms with Gasteiger partial charge < -0.3 is 9.30 Å². The first kappa shape index (κ1) is 21.9. The van der Waals surface area contributed by atoms with Gasteiger partial charge in [0.1, 0.15) is 17.7 Å². The Morgan fingerprint density at radius 3 is 2.78 bits per heavy atom. The van der Waals surface area contributed by atoms with E-state index >= 15 is 4.39 Å². The van der Waals surface area contributed by atoms with Gasteiger partial charge in [-0.25, -0.2) is 29.3 Å². The summed E-state index contributed by atoms with van der Waals surface area (Å²) in [7, 11) is 0. The van der Waals surface area contributed by atoms with Gasteiger partial charge in [-0.15, -0.1) is 6.42 Å². The summed E-state index contributed by atoms with van der Waals surface area (Å²) < 4.78 is 23.2. The summed E-state index contributed by atoms with van der Waals surface area (Å²) in [6.07, 6.45) is 12.3. The highest BCUT2D eigenvalue weighted by molar-refractivity contribution is 6.04. The number of aryl methyl sites for hydroxylation is 4. The second-order valence-electron chi connectivity index (χ2n) is 8.74. The number of rotatable bonds is 3. The lowest BCUT2D eigenvalue weighted by atomic mass is 9.95. The summed E-state index contributed by atoms with van der Waals surface area (Å²) in [5.74, 6) is 2.16. The largest absolute Gasteiger partial charge is 0.421 e. The van der Waals surface area contributed by atoms with E-state index in [4.69, 9.17) is 11.2 Å². The molecule has 0 N–H and O–H groups in total. The van der Waals surface area contributed by atoms with Crippen LogP contribution in [0, 0.1) is 32.0 Å². The van der Waals surface area contributed by atoms with Gasteiger partial charge in [-0.2, -0.15) is 0 Å². The summed E-state index contributed by atoms with van der Waals surface area (Å²) >= 11 is 0. The average molecular weight is 477 g/mol. The zero-order valence-corrected chi connectivity index (χ0v) is 19.8. The molecule has 36 heavy (non-hydrogen) atoms. The average Bonchev–Trinajstić information content (AvgIpc) is 3.09. The molecule has 8 heteroatoms. The van der Waals surface area contributed by atoms with Crippen molar-refractivity contribution in [3.63, 3.8) is 0 Å². The molecule has 0 saturated heterocycles. The van der Waals surface area contributed by atoms with E-state index in [2.05, 4.69) is 35.4 Å². The van der Waals surface area contributed by atoms with Gasteiger partial charge in [-0.05, 0) is 62.1 Å². The summed E-state index contributed by atoms with van der Waals surface area (Å²) in [6.45, 7) is 4.52. The molecule has 0 bridgehead atoms. The monoisotopic (exact) mass is 476 g/mol. The number of hydrogen-bond acceptors (Lipinski definition) is 6. The van der Waals surface area contributed by atoms with Crippen LogP contribution in [0.5, 0.6) is 11.8 Å². The lowest BCUT2D eigenvalue weighted by molar-refractivity contribution is 0.410. The lowest BCUT2D eigenvalue weighted by Gasteiger charge is -2.12. The molecule has 0 fully saturated rings. The SMILES string of the molecule is C#Cc1cc2c(cn1)-c1c(-c3ccc(Oc4nccc(C)n4)c(F)c3)c3c(C)ncnc3n1CCC2. The Hall–Kier alpha value is -4.64. The van der Waals surface area contributed by atoms with E-state index in [9.17, 15) is 0 Å². The van der Waals surface area contributed by atoms with Crippen LogP contribution in [0.15, 0.2) is 49.1 Å². The Morgan fingerprint density at radius 1 is 1.08 bits per heavy atom. The summed E-state index contributed by atoms with van der Waals surface area (Å²) in [5.41, 5.74) is 7.53. The van der Waals surface area contributed by atoms with Gasteiger partial charge >= 0.3 is 6.01 Å². The quantitative estimate of drug-likeness (QED) is 0.323. The van der Waals surface area contributed by atoms with Crippen LogP contribution in [0.3, 0.4) is 0 Å². The van der Waals surface area contributed by atoms with Gasteiger partial charge in [0.25, 0.3) is 0 Å². The third kappa shape index (κ3) is 3.57. The van der Waals surface area contributed by atoms with E-state index < -0.39 is 5.82 Å². The van der Waals surface area contributed by atoms with E-state index in [1.54, 1.807) is 24.7 Å². The van der Waals surface area contributed by atoms with Crippen molar-refractivity contribution in [1.82, 2.24) is 29.5 Å². The van der Waals surface area contributed by atoms with Crippen LogP contribution in [0.25, 0.3) is 33.4 Å². The number of hydrogen-bond donors (Lipinski definition) is 0. The highest BCUT2D eigenvalue weighted by Gasteiger charge is 2.27. The van der Waals surface area contributed by atoms with Crippen molar-refractivity contribution in [2.45, 2.75) is 33.2 Å². The van der Waals surface area contributed by atoms with Crippen molar-refractivity contribution >= 4 is 11.0 Å². The smallest absolute Gasteiger partial charge is 0.322 e. The number of aromatic nitrogens is 6. The van der Waals surface area contributed by atoms with Crippen LogP contribution in [0.2, 0.25) is 0 Å². The van der Waals surface area contributed by atoms with Gasteiger partial charge in [0, 0.05) is 41.1 Å². The zero-order chi connectivity index (χ0) is 24.8. The van der Waals surface area contributed by atoms with Gasteiger partial charge in [0.15, 0.2) is 11.6 Å². The van der Waals surface area contributed by atoms with Crippen molar-refractivity contribution < 1.29 is 9.13 Å². The molecule has 6 rings (SSSR count). The van der Waals surface area contributed by atoms with Crippen molar-refractivity contribution in [1.29, 1.82) is 0 Å². The molecule has 1 aliphatic heterocycles. The molecular weight excluding hydrogens is 455 g/mol. The summed E-state index contributed by atoms with van der Waals surface area (Å²) in [6, 6.07) is 8.72. The van der Waals surface area contributed by atoms with Crippen LogP contribution in [0.4, 0.5) is 4.39 Å². The van der Waals surface area contributed by atoms with Gasteiger partial charge in [-0.3, -0.25) is 0 Å². The molecule has 0 aliphatic carbocycles. The Labute approximate surface area is 207 Å². The van der Waals surface area contributed by atoms with E-state index in [0.717, 1.165) is 64.2 Å². The molecule has 0 amide bonds. The van der Waals surface area contributed by atoms with Crippen LogP contribution < -0.4 is 4.74 Å². The van der Waals surface area contributed by atoms with Crippen LogP contribution in [-0.4, -0.2) is 29.5 Å². The Balaban J connectivity index is 1.57. The number of fused-ring (bicyclic) bond motifs is 5. The molecule has 0 saturated carbocycles. The van der Waals surface area contributed by atoms with E-state index in [1.807, 2.05) is 32.2 Å². The third-order valence-corrected chi connectivity index (χ3v) is 6.44. The third-order valence-electron chi connectivity index (χ3n) is 6.44. The normalized spacial score (nSPS) is 12.5. The molecule has 1 aliphatic rings. The Bertz CT molecular complexity index is 1700. The second kappa shape index (κ2) is 8.54. The maximum atomic E-state index is 15.4. The number of terminal acetylenes is 1. The first-order valence-corrected chi connectivity index (χ1v) is 11.6. The molecular formula is C28H21FN6O. The maximum absolute atomic E-state index is 15.4. The van der Waals surface area contributed by atoms with E-state index in [0.29, 0.717) is 11.3 Å². The van der Waals surface area contributed by atoms with Crippen LogP contribution >= 0.6 is 0 Å². The number of halogens is 1. The highest BCUT2D eigenvalue weighted by Crippen LogP contribution is 2.44. The fraction of sp³-hybridized carbons (Fsp3) is 0.179.